The van der Waals surface area contributed by atoms with Gasteiger partial charge < -0.3 is 5.32 Å². The van der Waals surface area contributed by atoms with Gasteiger partial charge in [-0.1, -0.05) is 77.0 Å². The van der Waals surface area contributed by atoms with Crippen LogP contribution in [0.4, 0.5) is 5.82 Å². The maximum atomic E-state index is 4.37. The Morgan fingerprint density at radius 2 is 1.91 bits per heavy atom. The topological polar surface area (TPSA) is 24.9 Å². The zero-order chi connectivity index (χ0) is 17.7. The second-order valence-electron chi connectivity index (χ2n) is 6.12. The molecule has 0 saturated heterocycles. The second-order valence-corrected chi connectivity index (χ2v) is 6.12. The van der Waals surface area contributed by atoms with Crippen LogP contribution in [0.5, 0.6) is 0 Å². The largest absolute Gasteiger partial charge is 0.363 e. The lowest BCUT2D eigenvalue weighted by molar-refractivity contribution is 0.577. The molecule has 0 bridgehead atoms. The number of pyridine rings is 1. The van der Waals surface area contributed by atoms with Crippen molar-refractivity contribution in [3.8, 4) is 0 Å². The number of hydrogen-bond donors (Lipinski definition) is 1. The van der Waals surface area contributed by atoms with Gasteiger partial charge in [-0.25, -0.2) is 4.98 Å². The molecule has 0 amide bonds. The predicted octanol–water partition coefficient (Wildman–Crippen LogP) is 6.32. The Bertz CT molecular complexity index is 496. The van der Waals surface area contributed by atoms with Crippen LogP contribution in [-0.4, -0.2) is 11.0 Å². The first-order valence-electron chi connectivity index (χ1n) is 8.61. The molecule has 0 radical (unpaired) electrons. The highest BCUT2D eigenvalue weighted by Crippen LogP contribution is 2.18. The van der Waals surface area contributed by atoms with Crippen molar-refractivity contribution in [3.63, 3.8) is 0 Å². The molecule has 2 nitrogen and oxygen atoms in total. The summed E-state index contributed by atoms with van der Waals surface area (Å²) in [7, 11) is 0. The number of aromatic nitrogens is 1. The van der Waals surface area contributed by atoms with Gasteiger partial charge in [0.15, 0.2) is 0 Å². The molecule has 1 unspecified atom stereocenters. The fraction of sp³-hybridized carbons (Fsp3) is 0.476. The summed E-state index contributed by atoms with van der Waals surface area (Å²) in [5, 5.41) is 3.51. The van der Waals surface area contributed by atoms with Crippen LogP contribution in [0.2, 0.25) is 0 Å². The Labute approximate surface area is 143 Å². The van der Waals surface area contributed by atoms with Gasteiger partial charge in [0.1, 0.15) is 5.82 Å². The van der Waals surface area contributed by atoms with Crippen molar-refractivity contribution in [1.82, 2.24) is 4.98 Å². The first kappa shape index (κ1) is 21.2. The molecule has 1 aromatic rings. The van der Waals surface area contributed by atoms with Crippen LogP contribution in [0, 0.1) is 12.8 Å². The van der Waals surface area contributed by atoms with Crippen molar-refractivity contribution in [2.45, 2.75) is 60.4 Å². The van der Waals surface area contributed by atoms with Gasteiger partial charge >= 0.3 is 0 Å². The summed E-state index contributed by atoms with van der Waals surface area (Å²) in [5.41, 5.74) is 2.50. The van der Waals surface area contributed by atoms with E-state index >= 15 is 0 Å². The molecule has 0 aliphatic carbocycles. The van der Waals surface area contributed by atoms with E-state index in [2.05, 4.69) is 70.6 Å². The van der Waals surface area contributed by atoms with E-state index in [0.29, 0.717) is 5.92 Å². The summed E-state index contributed by atoms with van der Waals surface area (Å²) in [6.07, 6.45) is 12.3. The molecule has 128 valence electrons. The monoisotopic (exact) mass is 314 g/mol. The van der Waals surface area contributed by atoms with E-state index in [-0.39, 0.29) is 6.04 Å². The Kier molecular flexibility index (Phi) is 11.7. The number of nitrogens with zero attached hydrogens (tertiary/aromatic N) is 1. The van der Waals surface area contributed by atoms with Crippen molar-refractivity contribution in [3.05, 3.63) is 60.3 Å². The normalized spacial score (nSPS) is 12.7. The summed E-state index contributed by atoms with van der Waals surface area (Å²) in [6, 6.07) is 4.36. The number of hydrogen-bond acceptors (Lipinski definition) is 2. The SMILES string of the molecule is C=C/C=C\C=C(/C)C(Nc1cc(C)ccn1)C(C)C.CCCC. The van der Waals surface area contributed by atoms with Gasteiger partial charge in [0.05, 0.1) is 6.04 Å². The van der Waals surface area contributed by atoms with E-state index in [9.17, 15) is 0 Å². The highest BCUT2D eigenvalue weighted by Gasteiger charge is 2.15. The van der Waals surface area contributed by atoms with Gasteiger partial charge in [-0.3, -0.25) is 0 Å². The molecule has 1 N–H and O–H groups in total. The zero-order valence-electron chi connectivity index (χ0n) is 15.8. The number of anilines is 1. The average molecular weight is 315 g/mol. The molecule has 0 saturated carbocycles. The maximum Gasteiger partial charge on any atom is 0.126 e. The predicted molar refractivity (Wildman–Crippen MR) is 105 cm³/mol. The summed E-state index contributed by atoms with van der Waals surface area (Å²) in [6.45, 7) is 16.7. The molecular formula is C21H34N2. The van der Waals surface area contributed by atoms with Crippen molar-refractivity contribution >= 4 is 5.82 Å². The van der Waals surface area contributed by atoms with Gasteiger partial charge in [0.2, 0.25) is 0 Å². The van der Waals surface area contributed by atoms with Gasteiger partial charge in [-0.05, 0) is 37.5 Å². The summed E-state index contributed by atoms with van der Waals surface area (Å²) in [5.74, 6) is 1.43. The van der Waals surface area contributed by atoms with Gasteiger partial charge in [-0.2, -0.15) is 0 Å². The minimum absolute atomic E-state index is 0.281. The third kappa shape index (κ3) is 9.72. The number of allylic oxidation sites excluding steroid dienone is 4. The first-order chi connectivity index (χ1) is 11.0. The molecule has 0 aliphatic rings. The Morgan fingerprint density at radius 3 is 2.39 bits per heavy atom. The van der Waals surface area contributed by atoms with E-state index in [1.807, 2.05) is 24.4 Å². The molecule has 2 heteroatoms. The van der Waals surface area contributed by atoms with Crippen molar-refractivity contribution in [2.75, 3.05) is 5.32 Å². The van der Waals surface area contributed by atoms with Crippen LogP contribution >= 0.6 is 0 Å². The number of rotatable bonds is 7. The number of nitrogens with one attached hydrogen (secondary N) is 1. The summed E-state index contributed by atoms with van der Waals surface area (Å²) < 4.78 is 0. The standard InChI is InChI=1S/C17H24N2.C4H10/c1-6-7-8-9-15(5)17(13(2)3)19-16-12-14(4)10-11-18-16;1-3-4-2/h6-13,17H,1H2,2-5H3,(H,18,19);3-4H2,1-2H3/b8-7-,15-9+;. The molecule has 1 heterocycles. The molecule has 0 fully saturated rings. The Morgan fingerprint density at radius 1 is 1.26 bits per heavy atom. The lowest BCUT2D eigenvalue weighted by Crippen LogP contribution is -2.27. The second kappa shape index (κ2) is 12.7. The highest BCUT2D eigenvalue weighted by atomic mass is 15.0. The molecule has 1 aromatic heterocycles. The average Bonchev–Trinajstić information content (AvgIpc) is 2.52. The zero-order valence-corrected chi connectivity index (χ0v) is 15.8. The quantitative estimate of drug-likeness (QED) is 0.595. The molecule has 1 rings (SSSR count). The molecule has 0 aromatic carbocycles. The summed E-state index contributed by atoms with van der Waals surface area (Å²) >= 11 is 0. The molecule has 23 heavy (non-hydrogen) atoms. The third-order valence-electron chi connectivity index (χ3n) is 3.48. The number of unbranched alkanes of at least 4 members (excludes halogenated alkanes) is 1. The lowest BCUT2D eigenvalue weighted by Gasteiger charge is -2.24. The minimum atomic E-state index is 0.281. The van der Waals surface area contributed by atoms with Gasteiger partial charge in [-0.15, -0.1) is 0 Å². The molecule has 0 aliphatic heterocycles. The molecule has 1 atom stereocenters. The molecule has 0 spiro atoms. The van der Waals surface area contributed by atoms with E-state index < -0.39 is 0 Å². The van der Waals surface area contributed by atoms with Crippen molar-refractivity contribution < 1.29 is 0 Å². The Balaban J connectivity index is 0.00000108. The van der Waals surface area contributed by atoms with E-state index in [1.54, 1.807) is 6.08 Å². The van der Waals surface area contributed by atoms with E-state index in [0.717, 1.165) is 5.82 Å². The van der Waals surface area contributed by atoms with Crippen molar-refractivity contribution in [1.29, 1.82) is 0 Å². The minimum Gasteiger partial charge on any atom is -0.363 e. The van der Waals surface area contributed by atoms with Crippen LogP contribution < -0.4 is 5.32 Å². The fourth-order valence-corrected chi connectivity index (χ4v) is 1.97. The third-order valence-corrected chi connectivity index (χ3v) is 3.48. The van der Waals surface area contributed by atoms with Crippen LogP contribution in [0.25, 0.3) is 0 Å². The van der Waals surface area contributed by atoms with E-state index in [4.69, 9.17) is 0 Å². The van der Waals surface area contributed by atoms with Crippen LogP contribution in [-0.2, 0) is 0 Å². The number of aryl methyl sites for hydroxylation is 1. The van der Waals surface area contributed by atoms with Gasteiger partial charge in [0.25, 0.3) is 0 Å². The lowest BCUT2D eigenvalue weighted by atomic mass is 9.96. The van der Waals surface area contributed by atoms with Gasteiger partial charge in [0, 0.05) is 6.20 Å². The highest BCUT2D eigenvalue weighted by molar-refractivity contribution is 5.41. The first-order valence-corrected chi connectivity index (χ1v) is 8.61. The summed E-state index contributed by atoms with van der Waals surface area (Å²) in [4.78, 5) is 4.37. The van der Waals surface area contributed by atoms with Crippen LogP contribution in [0.1, 0.15) is 53.0 Å². The van der Waals surface area contributed by atoms with Crippen molar-refractivity contribution in [2.24, 2.45) is 5.92 Å². The molecular weight excluding hydrogens is 280 g/mol. The maximum absolute atomic E-state index is 4.37. The smallest absolute Gasteiger partial charge is 0.126 e. The Hall–Kier alpha value is -1.83. The van der Waals surface area contributed by atoms with Crippen LogP contribution in [0.15, 0.2) is 54.8 Å². The van der Waals surface area contributed by atoms with E-state index in [1.165, 1.54) is 24.0 Å². The van der Waals surface area contributed by atoms with Crippen LogP contribution in [0.3, 0.4) is 0 Å². The fourth-order valence-electron chi connectivity index (χ4n) is 1.97.